The van der Waals surface area contributed by atoms with Gasteiger partial charge in [0.2, 0.25) is 0 Å². The van der Waals surface area contributed by atoms with Gasteiger partial charge in [-0.1, -0.05) is 19.0 Å². The SMILES string of the molecule is CCC1CNC(C)(CC)CN1Cc1ccno1. The van der Waals surface area contributed by atoms with E-state index in [2.05, 4.69) is 36.1 Å². The van der Waals surface area contributed by atoms with Gasteiger partial charge in [0.05, 0.1) is 12.7 Å². The van der Waals surface area contributed by atoms with E-state index in [-0.39, 0.29) is 5.54 Å². The topological polar surface area (TPSA) is 41.3 Å². The van der Waals surface area contributed by atoms with Crippen molar-refractivity contribution < 1.29 is 4.52 Å². The van der Waals surface area contributed by atoms with Crippen LogP contribution in [0.4, 0.5) is 0 Å². The van der Waals surface area contributed by atoms with Crippen molar-refractivity contribution in [2.45, 2.75) is 51.7 Å². The first-order valence-electron chi connectivity index (χ1n) is 6.55. The Balaban J connectivity index is 2.05. The van der Waals surface area contributed by atoms with Crippen LogP contribution in [-0.2, 0) is 6.54 Å². The molecule has 1 aliphatic heterocycles. The number of nitrogens with zero attached hydrogens (tertiary/aromatic N) is 2. The predicted octanol–water partition coefficient (Wildman–Crippen LogP) is 2.03. The maximum atomic E-state index is 5.22. The molecule has 1 saturated heterocycles. The minimum absolute atomic E-state index is 0.228. The molecule has 0 aromatic carbocycles. The van der Waals surface area contributed by atoms with Gasteiger partial charge >= 0.3 is 0 Å². The highest BCUT2D eigenvalue weighted by Gasteiger charge is 2.33. The third-order valence-electron chi connectivity index (χ3n) is 3.93. The molecule has 0 radical (unpaired) electrons. The second-order valence-electron chi connectivity index (χ2n) is 5.24. The maximum Gasteiger partial charge on any atom is 0.150 e. The van der Waals surface area contributed by atoms with E-state index in [1.165, 1.54) is 6.42 Å². The van der Waals surface area contributed by atoms with Crippen LogP contribution in [0.5, 0.6) is 0 Å². The van der Waals surface area contributed by atoms with Gasteiger partial charge in [-0.15, -0.1) is 0 Å². The molecule has 1 aromatic heterocycles. The molecule has 17 heavy (non-hydrogen) atoms. The monoisotopic (exact) mass is 237 g/mol. The van der Waals surface area contributed by atoms with E-state index < -0.39 is 0 Å². The lowest BCUT2D eigenvalue weighted by Crippen LogP contribution is -2.62. The molecule has 1 aliphatic rings. The second kappa shape index (κ2) is 5.19. The molecule has 2 unspecified atom stereocenters. The van der Waals surface area contributed by atoms with Crippen molar-refractivity contribution in [2.75, 3.05) is 13.1 Å². The summed E-state index contributed by atoms with van der Waals surface area (Å²) in [7, 11) is 0. The molecule has 4 heteroatoms. The van der Waals surface area contributed by atoms with E-state index in [0.717, 1.165) is 31.8 Å². The van der Waals surface area contributed by atoms with Crippen LogP contribution in [0.15, 0.2) is 16.8 Å². The molecule has 0 amide bonds. The highest BCUT2D eigenvalue weighted by Crippen LogP contribution is 2.22. The zero-order chi connectivity index (χ0) is 12.3. The van der Waals surface area contributed by atoms with Crippen molar-refractivity contribution in [3.8, 4) is 0 Å². The number of nitrogens with one attached hydrogen (secondary N) is 1. The lowest BCUT2D eigenvalue weighted by Gasteiger charge is -2.45. The summed E-state index contributed by atoms with van der Waals surface area (Å²) in [6.45, 7) is 9.79. The van der Waals surface area contributed by atoms with Gasteiger partial charge in [0.1, 0.15) is 0 Å². The van der Waals surface area contributed by atoms with E-state index >= 15 is 0 Å². The lowest BCUT2D eigenvalue weighted by atomic mass is 9.92. The molecule has 2 atom stereocenters. The van der Waals surface area contributed by atoms with Gasteiger partial charge in [-0.3, -0.25) is 4.90 Å². The molecular formula is C13H23N3O. The van der Waals surface area contributed by atoms with Crippen LogP contribution in [0.25, 0.3) is 0 Å². The third kappa shape index (κ3) is 2.87. The summed E-state index contributed by atoms with van der Waals surface area (Å²) < 4.78 is 5.22. The normalized spacial score (nSPS) is 30.6. The summed E-state index contributed by atoms with van der Waals surface area (Å²) >= 11 is 0. The number of hydrogen-bond donors (Lipinski definition) is 1. The Morgan fingerprint density at radius 2 is 2.41 bits per heavy atom. The third-order valence-corrected chi connectivity index (χ3v) is 3.93. The van der Waals surface area contributed by atoms with Gasteiger partial charge in [-0.2, -0.15) is 0 Å². The molecule has 0 bridgehead atoms. The summed E-state index contributed by atoms with van der Waals surface area (Å²) in [6.07, 6.45) is 4.04. The van der Waals surface area contributed by atoms with Crippen molar-refractivity contribution in [3.63, 3.8) is 0 Å². The van der Waals surface area contributed by atoms with Crippen molar-refractivity contribution in [1.82, 2.24) is 15.4 Å². The Labute approximate surface area is 103 Å². The van der Waals surface area contributed by atoms with Crippen LogP contribution in [-0.4, -0.2) is 34.7 Å². The number of rotatable bonds is 4. The first-order chi connectivity index (χ1) is 8.17. The molecule has 1 fully saturated rings. The molecule has 2 heterocycles. The van der Waals surface area contributed by atoms with Crippen molar-refractivity contribution in [1.29, 1.82) is 0 Å². The van der Waals surface area contributed by atoms with Gasteiger partial charge in [0.25, 0.3) is 0 Å². The quantitative estimate of drug-likeness (QED) is 0.870. The van der Waals surface area contributed by atoms with Gasteiger partial charge in [-0.25, -0.2) is 0 Å². The maximum absolute atomic E-state index is 5.22. The molecular weight excluding hydrogens is 214 g/mol. The first kappa shape index (κ1) is 12.6. The van der Waals surface area contributed by atoms with E-state index in [0.29, 0.717) is 6.04 Å². The van der Waals surface area contributed by atoms with E-state index in [9.17, 15) is 0 Å². The van der Waals surface area contributed by atoms with Crippen molar-refractivity contribution in [2.24, 2.45) is 0 Å². The molecule has 2 rings (SSSR count). The van der Waals surface area contributed by atoms with Crippen LogP contribution < -0.4 is 5.32 Å². The fourth-order valence-corrected chi connectivity index (χ4v) is 2.47. The zero-order valence-electron chi connectivity index (χ0n) is 11.1. The highest BCUT2D eigenvalue weighted by molar-refractivity contribution is 4.99. The fraction of sp³-hybridized carbons (Fsp3) is 0.769. The van der Waals surface area contributed by atoms with Crippen LogP contribution in [0.3, 0.4) is 0 Å². The summed E-state index contributed by atoms with van der Waals surface area (Å²) in [5.41, 5.74) is 0.228. The molecule has 1 aromatic rings. The van der Waals surface area contributed by atoms with Crippen molar-refractivity contribution in [3.05, 3.63) is 18.0 Å². The Hall–Kier alpha value is -0.870. The molecule has 4 nitrogen and oxygen atoms in total. The minimum atomic E-state index is 0.228. The summed E-state index contributed by atoms with van der Waals surface area (Å²) in [6, 6.07) is 2.55. The van der Waals surface area contributed by atoms with E-state index in [1.807, 2.05) is 6.07 Å². The Bertz CT molecular complexity index is 338. The lowest BCUT2D eigenvalue weighted by molar-refractivity contribution is 0.0677. The van der Waals surface area contributed by atoms with Gasteiger partial charge < -0.3 is 9.84 Å². The molecule has 1 N–H and O–H groups in total. The van der Waals surface area contributed by atoms with E-state index in [4.69, 9.17) is 4.52 Å². The largest absolute Gasteiger partial charge is 0.360 e. The van der Waals surface area contributed by atoms with Crippen LogP contribution in [0.2, 0.25) is 0 Å². The van der Waals surface area contributed by atoms with Crippen LogP contribution >= 0.6 is 0 Å². The summed E-state index contributed by atoms with van der Waals surface area (Å²) in [5, 5.41) is 7.45. The Morgan fingerprint density at radius 3 is 3.00 bits per heavy atom. The van der Waals surface area contributed by atoms with Gasteiger partial charge in [0, 0.05) is 30.7 Å². The second-order valence-corrected chi connectivity index (χ2v) is 5.24. The van der Waals surface area contributed by atoms with Crippen LogP contribution in [0, 0.1) is 0 Å². The Morgan fingerprint density at radius 1 is 1.59 bits per heavy atom. The standard InChI is InChI=1S/C13H23N3O/c1-4-11-8-14-13(3,5-2)10-16(11)9-12-6-7-15-17-12/h6-7,11,14H,4-5,8-10H2,1-3H3. The highest BCUT2D eigenvalue weighted by atomic mass is 16.5. The van der Waals surface area contributed by atoms with Gasteiger partial charge in [0.15, 0.2) is 5.76 Å². The Kier molecular flexibility index (Phi) is 3.84. The van der Waals surface area contributed by atoms with E-state index in [1.54, 1.807) is 6.20 Å². The smallest absolute Gasteiger partial charge is 0.150 e. The molecule has 0 saturated carbocycles. The molecule has 96 valence electrons. The number of piperazine rings is 1. The molecule has 0 spiro atoms. The predicted molar refractivity (Wildman–Crippen MR) is 67.7 cm³/mol. The first-order valence-corrected chi connectivity index (χ1v) is 6.55. The number of hydrogen-bond acceptors (Lipinski definition) is 4. The zero-order valence-corrected chi connectivity index (χ0v) is 11.1. The van der Waals surface area contributed by atoms with Crippen LogP contribution in [0.1, 0.15) is 39.4 Å². The van der Waals surface area contributed by atoms with Gasteiger partial charge in [-0.05, 0) is 19.8 Å². The minimum Gasteiger partial charge on any atom is -0.360 e. The number of aromatic nitrogens is 1. The average molecular weight is 237 g/mol. The summed E-state index contributed by atoms with van der Waals surface area (Å²) in [5.74, 6) is 0.962. The average Bonchev–Trinajstić information content (AvgIpc) is 2.82. The molecule has 0 aliphatic carbocycles. The van der Waals surface area contributed by atoms with Crippen molar-refractivity contribution >= 4 is 0 Å². The fourth-order valence-electron chi connectivity index (χ4n) is 2.47. The summed E-state index contributed by atoms with van der Waals surface area (Å²) in [4.78, 5) is 2.51.